The third-order valence-electron chi connectivity index (χ3n) is 4.94. The SMILES string of the molecule is CCOC(=O)C1=C(CSc2nnc(-c3ccc(OCC)cc3)o2)NC(=O)NC1c1ccccc1. The van der Waals surface area contributed by atoms with Gasteiger partial charge in [0.25, 0.3) is 5.22 Å². The molecule has 1 aromatic heterocycles. The van der Waals surface area contributed by atoms with Crippen LogP contribution in [0.25, 0.3) is 11.5 Å². The summed E-state index contributed by atoms with van der Waals surface area (Å²) >= 11 is 1.22. The number of nitrogens with one attached hydrogen (secondary N) is 2. The fraction of sp³-hybridized carbons (Fsp3) is 0.250. The number of esters is 1. The maximum atomic E-state index is 12.8. The Labute approximate surface area is 200 Å². The van der Waals surface area contributed by atoms with E-state index in [1.165, 1.54) is 11.8 Å². The van der Waals surface area contributed by atoms with E-state index in [-0.39, 0.29) is 12.4 Å². The van der Waals surface area contributed by atoms with Crippen LogP contribution in [-0.4, -0.2) is 41.2 Å². The van der Waals surface area contributed by atoms with Crippen LogP contribution in [0.15, 0.2) is 75.5 Å². The van der Waals surface area contributed by atoms with Gasteiger partial charge in [-0.05, 0) is 43.7 Å². The van der Waals surface area contributed by atoms with Gasteiger partial charge < -0.3 is 24.5 Å². The summed E-state index contributed by atoms with van der Waals surface area (Å²) in [5.41, 5.74) is 2.31. The van der Waals surface area contributed by atoms with Gasteiger partial charge >= 0.3 is 12.0 Å². The first kappa shape index (κ1) is 23.4. The Morgan fingerprint density at radius 2 is 1.82 bits per heavy atom. The minimum atomic E-state index is -0.633. The third-order valence-corrected chi connectivity index (χ3v) is 5.79. The second kappa shape index (κ2) is 10.9. The zero-order chi connectivity index (χ0) is 23.9. The van der Waals surface area contributed by atoms with Crippen LogP contribution in [0.5, 0.6) is 5.75 Å². The zero-order valence-corrected chi connectivity index (χ0v) is 19.6. The molecule has 9 nitrogen and oxygen atoms in total. The Balaban J connectivity index is 1.56. The number of benzene rings is 2. The summed E-state index contributed by atoms with van der Waals surface area (Å²) in [6, 6.07) is 15.6. The molecular weight excluding hydrogens is 456 g/mol. The quantitative estimate of drug-likeness (QED) is 0.347. The number of amides is 2. The van der Waals surface area contributed by atoms with Crippen molar-refractivity contribution in [2.45, 2.75) is 25.1 Å². The molecule has 2 heterocycles. The van der Waals surface area contributed by atoms with E-state index in [9.17, 15) is 9.59 Å². The number of aromatic nitrogens is 2. The van der Waals surface area contributed by atoms with Gasteiger partial charge in [-0.3, -0.25) is 0 Å². The van der Waals surface area contributed by atoms with Crippen LogP contribution in [0.2, 0.25) is 0 Å². The molecule has 0 saturated carbocycles. The number of ether oxygens (including phenoxy) is 2. The molecule has 3 aromatic rings. The number of carbonyl (C=O) groups is 2. The number of hydrogen-bond acceptors (Lipinski definition) is 8. The van der Waals surface area contributed by atoms with Crippen LogP contribution in [0.4, 0.5) is 4.79 Å². The summed E-state index contributed by atoms with van der Waals surface area (Å²) in [6.07, 6.45) is 0. The Morgan fingerprint density at radius 1 is 1.06 bits per heavy atom. The van der Waals surface area contributed by atoms with Crippen molar-refractivity contribution in [3.8, 4) is 17.2 Å². The average molecular weight is 481 g/mol. The van der Waals surface area contributed by atoms with E-state index in [4.69, 9.17) is 13.9 Å². The second-order valence-corrected chi connectivity index (χ2v) is 8.10. The average Bonchev–Trinajstić information content (AvgIpc) is 3.33. The summed E-state index contributed by atoms with van der Waals surface area (Å²) in [7, 11) is 0. The van der Waals surface area contributed by atoms with E-state index in [0.29, 0.717) is 29.0 Å². The molecule has 1 aliphatic heterocycles. The van der Waals surface area contributed by atoms with Gasteiger partial charge in [0.2, 0.25) is 5.89 Å². The van der Waals surface area contributed by atoms with E-state index >= 15 is 0 Å². The summed E-state index contributed by atoms with van der Waals surface area (Å²) in [5, 5.41) is 14.0. The van der Waals surface area contributed by atoms with E-state index in [0.717, 1.165) is 16.9 Å². The normalized spacial score (nSPS) is 15.5. The van der Waals surface area contributed by atoms with Crippen molar-refractivity contribution in [2.75, 3.05) is 19.0 Å². The Kier molecular flexibility index (Phi) is 7.48. The van der Waals surface area contributed by atoms with Crippen molar-refractivity contribution in [1.82, 2.24) is 20.8 Å². The second-order valence-electron chi connectivity index (χ2n) is 7.17. The number of rotatable bonds is 9. The highest BCUT2D eigenvalue weighted by Gasteiger charge is 2.33. The highest BCUT2D eigenvalue weighted by atomic mass is 32.2. The van der Waals surface area contributed by atoms with Gasteiger partial charge in [-0.2, -0.15) is 0 Å². The highest BCUT2D eigenvalue weighted by molar-refractivity contribution is 7.99. The molecule has 1 aliphatic rings. The fourth-order valence-electron chi connectivity index (χ4n) is 3.46. The van der Waals surface area contributed by atoms with Gasteiger partial charge in [0.15, 0.2) is 0 Å². The molecule has 0 fully saturated rings. The molecule has 0 spiro atoms. The summed E-state index contributed by atoms with van der Waals surface area (Å²) in [6.45, 7) is 4.46. The fourth-order valence-corrected chi connectivity index (χ4v) is 4.19. The number of urea groups is 1. The molecule has 34 heavy (non-hydrogen) atoms. The lowest BCUT2D eigenvalue weighted by Crippen LogP contribution is -2.46. The highest BCUT2D eigenvalue weighted by Crippen LogP contribution is 2.31. The largest absolute Gasteiger partial charge is 0.494 e. The molecule has 10 heteroatoms. The van der Waals surface area contributed by atoms with Crippen molar-refractivity contribution >= 4 is 23.8 Å². The number of carbonyl (C=O) groups excluding carboxylic acids is 2. The minimum Gasteiger partial charge on any atom is -0.494 e. The maximum absolute atomic E-state index is 12.8. The van der Waals surface area contributed by atoms with Crippen LogP contribution in [0.1, 0.15) is 25.5 Å². The molecule has 2 N–H and O–H groups in total. The van der Waals surface area contributed by atoms with Crippen molar-refractivity contribution in [2.24, 2.45) is 0 Å². The van der Waals surface area contributed by atoms with Gasteiger partial charge in [0, 0.05) is 17.0 Å². The van der Waals surface area contributed by atoms with Gasteiger partial charge in [0.05, 0.1) is 24.8 Å². The van der Waals surface area contributed by atoms with E-state index in [2.05, 4.69) is 20.8 Å². The lowest BCUT2D eigenvalue weighted by molar-refractivity contribution is -0.139. The first-order valence-corrected chi connectivity index (χ1v) is 11.8. The standard InChI is InChI=1S/C24H24N4O5S/c1-3-31-17-12-10-16(11-13-17)21-27-28-24(33-21)34-14-18-19(22(29)32-4-2)20(26-23(30)25-18)15-8-6-5-7-9-15/h5-13,20H,3-4,14H2,1-2H3,(H2,25,26,30). The van der Waals surface area contributed by atoms with Crippen molar-refractivity contribution in [1.29, 1.82) is 0 Å². The van der Waals surface area contributed by atoms with Gasteiger partial charge in [-0.1, -0.05) is 42.1 Å². The summed E-state index contributed by atoms with van der Waals surface area (Å²) in [4.78, 5) is 25.2. The van der Waals surface area contributed by atoms with E-state index < -0.39 is 18.0 Å². The molecule has 0 saturated heterocycles. The zero-order valence-electron chi connectivity index (χ0n) is 18.7. The first-order valence-electron chi connectivity index (χ1n) is 10.8. The number of nitrogens with zero attached hydrogens (tertiary/aromatic N) is 2. The Morgan fingerprint density at radius 3 is 2.53 bits per heavy atom. The Bertz CT molecular complexity index is 1180. The topological polar surface area (TPSA) is 116 Å². The van der Waals surface area contributed by atoms with Gasteiger partial charge in [0.1, 0.15) is 5.75 Å². The Hall–Kier alpha value is -3.79. The molecule has 1 atom stereocenters. The minimum absolute atomic E-state index is 0.216. The van der Waals surface area contributed by atoms with Gasteiger partial charge in [-0.25, -0.2) is 9.59 Å². The van der Waals surface area contributed by atoms with Crippen molar-refractivity contribution in [3.05, 3.63) is 71.4 Å². The van der Waals surface area contributed by atoms with Crippen molar-refractivity contribution in [3.63, 3.8) is 0 Å². The molecule has 0 bridgehead atoms. The van der Waals surface area contributed by atoms with E-state index in [1.807, 2.05) is 61.5 Å². The number of thioether (sulfide) groups is 1. The molecule has 1 unspecified atom stereocenters. The molecular formula is C24H24N4O5S. The molecule has 2 aromatic carbocycles. The first-order chi connectivity index (χ1) is 16.6. The van der Waals surface area contributed by atoms with E-state index in [1.54, 1.807) is 6.92 Å². The molecule has 176 valence electrons. The number of hydrogen-bond donors (Lipinski definition) is 2. The van der Waals surface area contributed by atoms with Crippen LogP contribution in [0, 0.1) is 0 Å². The monoisotopic (exact) mass is 480 g/mol. The lowest BCUT2D eigenvalue weighted by Gasteiger charge is -2.29. The van der Waals surface area contributed by atoms with Crippen LogP contribution < -0.4 is 15.4 Å². The summed E-state index contributed by atoms with van der Waals surface area (Å²) < 4.78 is 16.5. The maximum Gasteiger partial charge on any atom is 0.338 e. The smallest absolute Gasteiger partial charge is 0.338 e. The predicted molar refractivity (Wildman–Crippen MR) is 126 cm³/mol. The lowest BCUT2D eigenvalue weighted by atomic mass is 9.95. The van der Waals surface area contributed by atoms with Gasteiger partial charge in [-0.15, -0.1) is 10.2 Å². The molecule has 0 radical (unpaired) electrons. The third kappa shape index (κ3) is 5.40. The molecule has 4 rings (SSSR count). The summed E-state index contributed by atoms with van der Waals surface area (Å²) in [5.74, 6) is 0.852. The van der Waals surface area contributed by atoms with Crippen LogP contribution in [-0.2, 0) is 9.53 Å². The van der Waals surface area contributed by atoms with Crippen molar-refractivity contribution < 1.29 is 23.5 Å². The molecule has 2 amide bonds. The predicted octanol–water partition coefficient (Wildman–Crippen LogP) is 4.10. The van der Waals surface area contributed by atoms with Crippen LogP contribution >= 0.6 is 11.8 Å². The molecule has 0 aliphatic carbocycles. The van der Waals surface area contributed by atoms with Crippen LogP contribution in [0.3, 0.4) is 0 Å².